The van der Waals surface area contributed by atoms with Crippen molar-refractivity contribution in [1.82, 2.24) is 0 Å². The summed E-state index contributed by atoms with van der Waals surface area (Å²) < 4.78 is 42.5. The van der Waals surface area contributed by atoms with Crippen molar-refractivity contribution in [2.45, 2.75) is 130 Å². The molecule has 0 amide bonds. The van der Waals surface area contributed by atoms with E-state index in [4.69, 9.17) is 58.5 Å². The highest BCUT2D eigenvalue weighted by atomic mass is 16.8. The van der Waals surface area contributed by atoms with Gasteiger partial charge in [0, 0.05) is 20.0 Å². The smallest absolute Gasteiger partial charge is 0.187 e. The van der Waals surface area contributed by atoms with Gasteiger partial charge in [-0.1, -0.05) is 0 Å². The summed E-state index contributed by atoms with van der Waals surface area (Å²) in [5.41, 5.74) is 30.0. The summed E-state index contributed by atoms with van der Waals surface area (Å²) in [5.74, 6) is 0. The van der Waals surface area contributed by atoms with Crippen molar-refractivity contribution < 1.29 is 65.5 Å². The minimum absolute atomic E-state index is 0.0742. The van der Waals surface area contributed by atoms with Crippen LogP contribution < -0.4 is 28.7 Å². The second kappa shape index (κ2) is 13.5. The van der Waals surface area contributed by atoms with E-state index in [9.17, 15) is 35.7 Å². The number of ether oxygens (including phenoxy) is 6. The van der Waals surface area contributed by atoms with Crippen molar-refractivity contribution in [1.29, 1.82) is 0 Å². The quantitative estimate of drug-likeness (QED) is 0.123. The number of rotatable bonds is 8. The fraction of sp³-hybridized carbons (Fsp3) is 1.00. The lowest BCUT2D eigenvalue weighted by Gasteiger charge is -2.47. The van der Waals surface area contributed by atoms with E-state index >= 15 is 0 Å². The van der Waals surface area contributed by atoms with Crippen molar-refractivity contribution in [3.63, 3.8) is 0 Å². The molecule has 0 spiro atoms. The van der Waals surface area contributed by atoms with Crippen LogP contribution in [0.25, 0.3) is 0 Å². The van der Waals surface area contributed by atoms with E-state index < -0.39 is 130 Å². The molecule has 3 aliphatic heterocycles. The van der Waals surface area contributed by atoms with Crippen LogP contribution in [0.4, 0.5) is 0 Å². The molecule has 18 nitrogen and oxygen atoms in total. The maximum atomic E-state index is 11.1. The molecule has 1 saturated carbocycles. The molecule has 17 N–H and O–H groups in total. The van der Waals surface area contributed by atoms with E-state index in [1.165, 1.54) is 0 Å². The summed E-state index contributed by atoms with van der Waals surface area (Å²) in [5, 5.41) is 72.5. The lowest BCUT2D eigenvalue weighted by molar-refractivity contribution is -0.310. The highest BCUT2D eigenvalue weighted by Crippen LogP contribution is 2.34. The van der Waals surface area contributed by atoms with Crippen molar-refractivity contribution in [2.75, 3.05) is 13.2 Å². The third-order valence-corrected chi connectivity index (χ3v) is 8.14. The van der Waals surface area contributed by atoms with Gasteiger partial charge in [-0.05, 0) is 13.3 Å². The lowest BCUT2D eigenvalue weighted by Crippen LogP contribution is -2.68. The Balaban J connectivity index is 1.50. The summed E-state index contributed by atoms with van der Waals surface area (Å²) in [4.78, 5) is 0. The maximum Gasteiger partial charge on any atom is 0.187 e. The molecule has 18 heteroatoms. The van der Waals surface area contributed by atoms with Crippen LogP contribution in [0.5, 0.6) is 0 Å². The van der Waals surface area contributed by atoms with Gasteiger partial charge in [-0.2, -0.15) is 0 Å². The minimum atomic E-state index is -1.58. The second-order valence-electron chi connectivity index (χ2n) is 11.0. The first kappa shape index (κ1) is 31.7. The molecular weight excluding hydrogens is 554 g/mol. The predicted molar refractivity (Wildman–Crippen MR) is 135 cm³/mol. The average molecular weight is 601 g/mol. The second-order valence-corrected chi connectivity index (χ2v) is 11.0. The van der Waals surface area contributed by atoms with E-state index in [0.717, 1.165) is 0 Å². The Morgan fingerprint density at radius 3 is 1.76 bits per heavy atom. The van der Waals surface area contributed by atoms with Gasteiger partial charge in [0.25, 0.3) is 0 Å². The first-order valence-corrected chi connectivity index (χ1v) is 13.5. The van der Waals surface area contributed by atoms with Crippen molar-refractivity contribution in [3.05, 3.63) is 0 Å². The molecule has 240 valence electrons. The molecule has 0 bridgehead atoms. The van der Waals surface area contributed by atoms with E-state index in [1.807, 2.05) is 0 Å². The first-order valence-electron chi connectivity index (χ1n) is 14.2. The normalized spacial score (nSPS) is 55.1. The van der Waals surface area contributed by atoms with Crippen LogP contribution >= 0.6 is 0 Å². The molecule has 41 heavy (non-hydrogen) atoms. The van der Waals surface area contributed by atoms with Gasteiger partial charge in [0.05, 0.1) is 30.9 Å². The number of aliphatic hydroxyl groups excluding tert-OH is 7. The molecule has 4 fully saturated rings. The van der Waals surface area contributed by atoms with Crippen LogP contribution in [0, 0.1) is 0 Å². The van der Waals surface area contributed by atoms with Crippen LogP contribution in [0.1, 0.15) is 14.7 Å². The summed E-state index contributed by atoms with van der Waals surface area (Å²) in [7, 11) is 0. The standard InChI is InChI=1S/C23H45N5O13/c1-5-18(39-21-10(27)15(33)13(31)8(3-24)37-21)17(35)23(36-5)41-20-12(30)6(25)2-7(26)19(20)40-22-11(28)16(34)14(32)9(4-29)38-22/h5-23,29-35H,2-4,24-28H2,1H3/t5-,6-,7?,8+,9?,10?,11?,12?,13-,14-,15?,16-,17?,18+,19-,20-,21-,22-,23+/m1/s1/i1D. The molecule has 0 aromatic heterocycles. The van der Waals surface area contributed by atoms with Crippen LogP contribution in [0.2, 0.25) is 0 Å². The molecule has 0 aromatic carbocycles. The van der Waals surface area contributed by atoms with Crippen molar-refractivity contribution >= 4 is 0 Å². The Bertz CT molecular complexity index is 872. The maximum absolute atomic E-state index is 11.1. The molecular formula is C23H45N5O13. The molecule has 7 unspecified atom stereocenters. The van der Waals surface area contributed by atoms with Gasteiger partial charge in [0.15, 0.2) is 18.9 Å². The van der Waals surface area contributed by atoms with Crippen LogP contribution in [0.15, 0.2) is 0 Å². The zero-order chi connectivity index (χ0) is 31.0. The molecule has 1 aliphatic carbocycles. The molecule has 3 heterocycles. The highest BCUT2D eigenvalue weighted by molar-refractivity contribution is 5.02. The summed E-state index contributed by atoms with van der Waals surface area (Å²) >= 11 is 0. The van der Waals surface area contributed by atoms with Crippen LogP contribution in [0.3, 0.4) is 0 Å². The Hall–Kier alpha value is -0.720. The van der Waals surface area contributed by atoms with Gasteiger partial charge in [0.2, 0.25) is 0 Å². The SMILES string of the molecule is [2H]C[C@H]1O[C@@H](O[C@@H]2C(O)[C@H](N)CC(N)[C@H]2O[C@H]2OC(CO)[C@@H](O)[C@H](O)C2N)C(O)[C@H]1O[C@H]1O[C@@H](CN)[C@@H](O)C(O)C1N. The Labute approximate surface area is 237 Å². The van der Waals surface area contributed by atoms with E-state index in [0.29, 0.717) is 0 Å². The fourth-order valence-electron chi connectivity index (χ4n) is 5.55. The molecule has 0 radical (unpaired) electrons. The number of hydrogen-bond acceptors (Lipinski definition) is 18. The van der Waals surface area contributed by atoms with Gasteiger partial charge >= 0.3 is 0 Å². The number of hydrogen-bond donors (Lipinski definition) is 12. The fourth-order valence-corrected chi connectivity index (χ4v) is 5.55. The average Bonchev–Trinajstić information content (AvgIpc) is 3.27. The van der Waals surface area contributed by atoms with Gasteiger partial charge in [-0.25, -0.2) is 0 Å². The van der Waals surface area contributed by atoms with Crippen LogP contribution in [-0.4, -0.2) is 165 Å². The molecule has 19 atom stereocenters. The molecule has 3 saturated heterocycles. The predicted octanol–water partition coefficient (Wildman–Crippen LogP) is -7.83. The van der Waals surface area contributed by atoms with E-state index in [1.54, 1.807) is 0 Å². The molecule has 0 aromatic rings. The minimum Gasteiger partial charge on any atom is -0.394 e. The Kier molecular flexibility index (Phi) is 10.4. The van der Waals surface area contributed by atoms with Crippen molar-refractivity contribution in [3.8, 4) is 0 Å². The summed E-state index contributed by atoms with van der Waals surface area (Å²) in [6.07, 6.45) is -20.1. The number of aliphatic hydroxyl groups is 7. The number of nitrogens with two attached hydrogens (primary N) is 5. The third kappa shape index (κ3) is 6.55. The van der Waals surface area contributed by atoms with Gasteiger partial charge in [0.1, 0.15) is 61.0 Å². The van der Waals surface area contributed by atoms with Crippen molar-refractivity contribution in [2.24, 2.45) is 28.7 Å². The summed E-state index contributed by atoms with van der Waals surface area (Å²) in [6.45, 7) is -1.22. The molecule has 4 rings (SSSR count). The zero-order valence-electron chi connectivity index (χ0n) is 23.3. The summed E-state index contributed by atoms with van der Waals surface area (Å²) in [6, 6.07) is -4.25. The van der Waals surface area contributed by atoms with Gasteiger partial charge in [-0.3, -0.25) is 0 Å². The largest absolute Gasteiger partial charge is 0.394 e. The van der Waals surface area contributed by atoms with Gasteiger partial charge in [-0.15, -0.1) is 0 Å². The van der Waals surface area contributed by atoms with E-state index in [2.05, 4.69) is 0 Å². The van der Waals surface area contributed by atoms with Crippen LogP contribution in [-0.2, 0) is 28.4 Å². The lowest BCUT2D eigenvalue weighted by atomic mass is 9.84. The highest BCUT2D eigenvalue weighted by Gasteiger charge is 2.53. The first-order chi connectivity index (χ1) is 19.8. The van der Waals surface area contributed by atoms with E-state index in [-0.39, 0.29) is 13.0 Å². The van der Waals surface area contributed by atoms with Gasteiger partial charge < -0.3 is 92.8 Å². The Morgan fingerprint density at radius 1 is 0.659 bits per heavy atom. The zero-order valence-corrected chi connectivity index (χ0v) is 22.3. The topological polar surface area (TPSA) is 327 Å². The monoisotopic (exact) mass is 600 g/mol. The third-order valence-electron chi connectivity index (χ3n) is 8.14. The Morgan fingerprint density at radius 2 is 1.20 bits per heavy atom. The molecule has 4 aliphatic rings.